The minimum absolute atomic E-state index is 0.0209. The van der Waals surface area contributed by atoms with Gasteiger partial charge in [0.2, 0.25) is 5.91 Å². The van der Waals surface area contributed by atoms with Crippen LogP contribution in [-0.4, -0.2) is 12.5 Å². The lowest BCUT2D eigenvalue weighted by molar-refractivity contribution is -0.115. The summed E-state index contributed by atoms with van der Waals surface area (Å²) < 4.78 is 27.1. The molecule has 0 bridgehead atoms. The van der Waals surface area contributed by atoms with Crippen LogP contribution in [0.3, 0.4) is 0 Å². The first-order valence-corrected chi connectivity index (χ1v) is 9.04. The van der Waals surface area contributed by atoms with Gasteiger partial charge >= 0.3 is 0 Å². The summed E-state index contributed by atoms with van der Waals surface area (Å²) in [5, 5.41) is 6.35. The SMILES string of the molecule is O=C(CNC(c1ccc(Cl)cc1)C1CC1)Nc1c(F)cc(F)cc1Br. The van der Waals surface area contributed by atoms with Crippen molar-refractivity contribution >= 4 is 39.1 Å². The standard InChI is InChI=1S/C18H16BrClF2N2O/c19-14-7-13(21)8-15(22)18(14)24-16(25)9-23-17(10-1-2-10)11-3-5-12(20)6-4-11/h3-8,10,17,23H,1-2,9H2,(H,24,25). The van der Waals surface area contributed by atoms with E-state index in [1.165, 1.54) is 0 Å². The number of anilines is 1. The Morgan fingerprint density at radius 3 is 2.52 bits per heavy atom. The Labute approximate surface area is 157 Å². The van der Waals surface area contributed by atoms with Gasteiger partial charge in [-0.3, -0.25) is 4.79 Å². The van der Waals surface area contributed by atoms with Crippen LogP contribution in [0.25, 0.3) is 0 Å². The molecule has 1 unspecified atom stereocenters. The molecule has 1 aliphatic rings. The lowest BCUT2D eigenvalue weighted by atomic mass is 10.0. The van der Waals surface area contributed by atoms with Crippen LogP contribution in [0, 0.1) is 17.6 Å². The van der Waals surface area contributed by atoms with Crippen LogP contribution in [-0.2, 0) is 4.79 Å². The summed E-state index contributed by atoms with van der Waals surface area (Å²) in [6.07, 6.45) is 2.19. The van der Waals surface area contributed by atoms with Gasteiger partial charge in [-0.1, -0.05) is 23.7 Å². The van der Waals surface area contributed by atoms with Crippen molar-refractivity contribution in [1.82, 2.24) is 5.32 Å². The van der Waals surface area contributed by atoms with E-state index in [-0.39, 0.29) is 22.7 Å². The second-order valence-corrected chi connectivity index (χ2v) is 7.33. The average Bonchev–Trinajstić information content (AvgIpc) is 3.37. The largest absolute Gasteiger partial charge is 0.322 e. The first-order valence-electron chi connectivity index (χ1n) is 7.87. The number of hydrogen-bond donors (Lipinski definition) is 2. The van der Waals surface area contributed by atoms with E-state index in [0.29, 0.717) is 10.9 Å². The molecule has 0 saturated heterocycles. The van der Waals surface area contributed by atoms with Crippen molar-refractivity contribution in [2.24, 2.45) is 5.92 Å². The molecular weight excluding hydrogens is 414 g/mol. The van der Waals surface area contributed by atoms with Gasteiger partial charge in [-0.05, 0) is 58.5 Å². The molecule has 1 atom stereocenters. The minimum Gasteiger partial charge on any atom is -0.322 e. The summed E-state index contributed by atoms with van der Waals surface area (Å²) >= 11 is 8.97. The molecule has 0 spiro atoms. The Bertz CT molecular complexity index is 758. The first-order chi connectivity index (χ1) is 11.9. The van der Waals surface area contributed by atoms with Crippen molar-refractivity contribution in [3.8, 4) is 0 Å². The molecule has 2 aromatic carbocycles. The average molecular weight is 430 g/mol. The highest BCUT2D eigenvalue weighted by molar-refractivity contribution is 9.10. The van der Waals surface area contributed by atoms with Crippen LogP contribution >= 0.6 is 27.5 Å². The molecule has 1 amide bonds. The van der Waals surface area contributed by atoms with E-state index in [1.807, 2.05) is 24.3 Å². The molecule has 7 heteroatoms. The molecule has 0 aliphatic heterocycles. The molecule has 1 fully saturated rings. The zero-order valence-corrected chi connectivity index (χ0v) is 15.5. The zero-order chi connectivity index (χ0) is 18.0. The maximum absolute atomic E-state index is 13.8. The lowest BCUT2D eigenvalue weighted by Crippen LogP contribution is -2.32. The lowest BCUT2D eigenvalue weighted by Gasteiger charge is -2.19. The monoisotopic (exact) mass is 428 g/mol. The van der Waals surface area contributed by atoms with Crippen molar-refractivity contribution in [2.75, 3.05) is 11.9 Å². The molecule has 0 radical (unpaired) electrons. The van der Waals surface area contributed by atoms with Crippen LogP contribution in [0.1, 0.15) is 24.4 Å². The first kappa shape index (κ1) is 18.3. The molecule has 2 N–H and O–H groups in total. The quantitative estimate of drug-likeness (QED) is 0.674. The summed E-state index contributed by atoms with van der Waals surface area (Å²) in [7, 11) is 0. The fourth-order valence-corrected chi connectivity index (χ4v) is 3.34. The topological polar surface area (TPSA) is 41.1 Å². The predicted octanol–water partition coefficient (Wildman–Crippen LogP) is 5.06. The summed E-state index contributed by atoms with van der Waals surface area (Å²) in [6.45, 7) is 0.0209. The minimum atomic E-state index is -0.823. The van der Waals surface area contributed by atoms with Gasteiger partial charge in [0, 0.05) is 21.6 Å². The molecule has 25 heavy (non-hydrogen) atoms. The van der Waals surface area contributed by atoms with Crippen molar-refractivity contribution in [3.63, 3.8) is 0 Å². The van der Waals surface area contributed by atoms with E-state index >= 15 is 0 Å². The maximum Gasteiger partial charge on any atom is 0.238 e. The smallest absolute Gasteiger partial charge is 0.238 e. The highest BCUT2D eigenvalue weighted by Gasteiger charge is 2.32. The Morgan fingerprint density at radius 2 is 1.92 bits per heavy atom. The molecule has 0 heterocycles. The van der Waals surface area contributed by atoms with Gasteiger partial charge in [-0.15, -0.1) is 0 Å². The molecule has 1 aliphatic carbocycles. The van der Waals surface area contributed by atoms with Gasteiger partial charge in [0.15, 0.2) is 5.82 Å². The summed E-state index contributed by atoms with van der Waals surface area (Å²) in [5.74, 6) is -1.46. The van der Waals surface area contributed by atoms with E-state index in [0.717, 1.165) is 30.5 Å². The number of amides is 1. The van der Waals surface area contributed by atoms with Crippen molar-refractivity contribution < 1.29 is 13.6 Å². The highest BCUT2D eigenvalue weighted by atomic mass is 79.9. The molecule has 0 aromatic heterocycles. The van der Waals surface area contributed by atoms with E-state index in [2.05, 4.69) is 26.6 Å². The van der Waals surface area contributed by atoms with Gasteiger partial charge in [0.1, 0.15) is 5.82 Å². The Hall–Kier alpha value is -1.50. The summed E-state index contributed by atoms with van der Waals surface area (Å²) in [4.78, 5) is 12.2. The molecule has 2 aromatic rings. The fraction of sp³-hybridized carbons (Fsp3) is 0.278. The predicted molar refractivity (Wildman–Crippen MR) is 97.6 cm³/mol. The van der Waals surface area contributed by atoms with E-state index in [1.54, 1.807) is 0 Å². The number of halogens is 4. The number of carbonyl (C=O) groups is 1. The molecule has 3 nitrogen and oxygen atoms in total. The van der Waals surface area contributed by atoms with Gasteiger partial charge in [0.05, 0.1) is 12.2 Å². The van der Waals surface area contributed by atoms with Crippen molar-refractivity contribution in [1.29, 1.82) is 0 Å². The second-order valence-electron chi connectivity index (χ2n) is 6.04. The van der Waals surface area contributed by atoms with E-state index in [4.69, 9.17) is 11.6 Å². The van der Waals surface area contributed by atoms with E-state index < -0.39 is 17.5 Å². The van der Waals surface area contributed by atoms with Gasteiger partial charge < -0.3 is 10.6 Å². The second kappa shape index (κ2) is 7.81. The number of nitrogens with one attached hydrogen (secondary N) is 2. The normalized spacial score (nSPS) is 15.0. The summed E-state index contributed by atoms with van der Waals surface area (Å²) in [6, 6.07) is 9.39. The number of hydrogen-bond acceptors (Lipinski definition) is 2. The maximum atomic E-state index is 13.8. The third kappa shape index (κ3) is 4.77. The molecule has 132 valence electrons. The van der Waals surface area contributed by atoms with Crippen LogP contribution in [0.15, 0.2) is 40.9 Å². The Morgan fingerprint density at radius 1 is 1.24 bits per heavy atom. The van der Waals surface area contributed by atoms with Crippen molar-refractivity contribution in [2.45, 2.75) is 18.9 Å². The third-order valence-corrected chi connectivity index (χ3v) is 4.95. The van der Waals surface area contributed by atoms with Crippen LogP contribution < -0.4 is 10.6 Å². The van der Waals surface area contributed by atoms with E-state index in [9.17, 15) is 13.6 Å². The number of carbonyl (C=O) groups excluding carboxylic acids is 1. The van der Waals surface area contributed by atoms with Crippen LogP contribution in [0.5, 0.6) is 0 Å². The number of benzene rings is 2. The zero-order valence-electron chi connectivity index (χ0n) is 13.2. The van der Waals surface area contributed by atoms with Gasteiger partial charge in [-0.2, -0.15) is 0 Å². The number of rotatable bonds is 6. The third-order valence-electron chi connectivity index (χ3n) is 4.08. The molecule has 3 rings (SSSR count). The van der Waals surface area contributed by atoms with Gasteiger partial charge in [-0.25, -0.2) is 8.78 Å². The highest BCUT2D eigenvalue weighted by Crippen LogP contribution is 2.41. The molecule has 1 saturated carbocycles. The van der Waals surface area contributed by atoms with Crippen molar-refractivity contribution in [3.05, 3.63) is 63.1 Å². The summed E-state index contributed by atoms with van der Waals surface area (Å²) in [5.41, 5.74) is 0.997. The van der Waals surface area contributed by atoms with Crippen LogP contribution in [0.4, 0.5) is 14.5 Å². The van der Waals surface area contributed by atoms with Gasteiger partial charge in [0.25, 0.3) is 0 Å². The Balaban J connectivity index is 1.63. The Kier molecular flexibility index (Phi) is 5.71. The fourth-order valence-electron chi connectivity index (χ4n) is 2.70. The van der Waals surface area contributed by atoms with Crippen LogP contribution in [0.2, 0.25) is 5.02 Å². The molecular formula is C18H16BrClF2N2O.